The maximum Gasteiger partial charge on any atom is 0.173 e. The Kier molecular flexibility index (Phi) is 3.99. The third-order valence-corrected chi connectivity index (χ3v) is 5.46. The van der Waals surface area contributed by atoms with Gasteiger partial charge in [-0.15, -0.1) is 0 Å². The van der Waals surface area contributed by atoms with E-state index in [1.165, 1.54) is 5.56 Å². The summed E-state index contributed by atoms with van der Waals surface area (Å²) in [6.45, 7) is 2.86. The van der Waals surface area contributed by atoms with Gasteiger partial charge in [-0.2, -0.15) is 0 Å². The molecule has 1 N–H and O–H groups in total. The zero-order chi connectivity index (χ0) is 16.6. The molecule has 0 amide bonds. The number of rotatable bonds is 2. The number of benzene rings is 2. The summed E-state index contributed by atoms with van der Waals surface area (Å²) in [5.74, 6) is 1.69. The molecule has 1 fully saturated rings. The zero-order valence-electron chi connectivity index (χ0n) is 13.4. The Morgan fingerprint density at radius 2 is 1.83 bits per heavy atom. The first-order valence-electron chi connectivity index (χ1n) is 8.32. The molecule has 0 radical (unpaired) electrons. The molecule has 4 rings (SSSR count). The Morgan fingerprint density at radius 1 is 1.08 bits per heavy atom. The molecule has 2 heterocycles. The molecule has 4 heteroatoms. The van der Waals surface area contributed by atoms with Gasteiger partial charge >= 0.3 is 0 Å². The van der Waals surface area contributed by atoms with E-state index in [4.69, 9.17) is 16.3 Å². The summed E-state index contributed by atoms with van der Waals surface area (Å²) >= 11 is 5.66. The molecule has 0 unspecified atom stereocenters. The number of hydrogen-bond acceptors (Lipinski definition) is 3. The highest BCUT2D eigenvalue weighted by Crippen LogP contribution is 2.55. The van der Waals surface area contributed by atoms with Gasteiger partial charge in [0.2, 0.25) is 0 Å². The average Bonchev–Trinajstić information content (AvgIpc) is 2.62. The van der Waals surface area contributed by atoms with Crippen molar-refractivity contribution < 1.29 is 9.84 Å². The van der Waals surface area contributed by atoms with Gasteiger partial charge in [-0.1, -0.05) is 48.0 Å². The fraction of sp³-hybridized carbons (Fsp3) is 0.300. The lowest BCUT2D eigenvalue weighted by molar-refractivity contribution is 0.185. The van der Waals surface area contributed by atoms with Crippen molar-refractivity contribution in [2.45, 2.75) is 18.3 Å². The van der Waals surface area contributed by atoms with Crippen LogP contribution in [0.5, 0.6) is 17.2 Å². The monoisotopic (exact) mass is 341 g/mol. The number of phenolic OH excluding ortho intramolecular Hbond substituents is 1. The van der Waals surface area contributed by atoms with Gasteiger partial charge in [0, 0.05) is 28.6 Å². The fourth-order valence-electron chi connectivity index (χ4n) is 4.06. The van der Waals surface area contributed by atoms with Crippen molar-refractivity contribution in [1.29, 1.82) is 0 Å². The van der Waals surface area contributed by atoms with Crippen LogP contribution in [0.2, 0.25) is 0 Å². The highest BCUT2D eigenvalue weighted by Gasteiger charge is 2.44. The van der Waals surface area contributed by atoms with E-state index in [2.05, 4.69) is 23.1 Å². The molecule has 2 aliphatic rings. The van der Waals surface area contributed by atoms with Gasteiger partial charge in [-0.05, 0) is 38.1 Å². The second-order valence-electron chi connectivity index (χ2n) is 6.50. The first kappa shape index (κ1) is 15.6. The minimum absolute atomic E-state index is 0.0932. The predicted molar refractivity (Wildman–Crippen MR) is 96.1 cm³/mol. The van der Waals surface area contributed by atoms with Crippen LogP contribution in [0.4, 0.5) is 0 Å². The van der Waals surface area contributed by atoms with Gasteiger partial charge in [0.1, 0.15) is 5.75 Å². The molecule has 0 bridgehead atoms. The van der Waals surface area contributed by atoms with Gasteiger partial charge in [0.05, 0.1) is 0 Å². The topological polar surface area (TPSA) is 32.7 Å². The standard InChI is InChI=1S/C20H20ClNO2/c21-11-4-12-22-13-9-20(10-14-22)15-5-1-2-8-18(15)24-19-16(20)6-3-7-17(19)23/h1-8,11,23H,9-10,12-14H2/b11-4+. The number of para-hydroxylation sites is 2. The molecule has 1 spiro atoms. The molecule has 1 saturated heterocycles. The lowest BCUT2D eigenvalue weighted by Crippen LogP contribution is -2.44. The van der Waals surface area contributed by atoms with Crippen LogP contribution in [0, 0.1) is 0 Å². The highest BCUT2D eigenvalue weighted by atomic mass is 35.5. The van der Waals surface area contributed by atoms with Crippen molar-refractivity contribution in [2.75, 3.05) is 19.6 Å². The second kappa shape index (κ2) is 6.15. The summed E-state index contributed by atoms with van der Waals surface area (Å²) in [7, 11) is 0. The van der Waals surface area contributed by atoms with Gasteiger partial charge in [-0.25, -0.2) is 0 Å². The third-order valence-electron chi connectivity index (χ3n) is 5.29. The van der Waals surface area contributed by atoms with Crippen LogP contribution in [0.25, 0.3) is 0 Å². The van der Waals surface area contributed by atoms with Crippen LogP contribution in [-0.4, -0.2) is 29.6 Å². The maximum absolute atomic E-state index is 10.3. The smallest absolute Gasteiger partial charge is 0.173 e. The van der Waals surface area contributed by atoms with Crippen molar-refractivity contribution in [1.82, 2.24) is 4.90 Å². The second-order valence-corrected chi connectivity index (χ2v) is 6.75. The Hall–Kier alpha value is -1.97. The Morgan fingerprint density at radius 3 is 2.62 bits per heavy atom. The lowest BCUT2D eigenvalue weighted by atomic mass is 9.66. The molecule has 0 aliphatic carbocycles. The van der Waals surface area contributed by atoms with E-state index in [0.717, 1.165) is 43.8 Å². The van der Waals surface area contributed by atoms with Crippen LogP contribution in [0.3, 0.4) is 0 Å². The van der Waals surface area contributed by atoms with Crippen molar-refractivity contribution >= 4 is 11.6 Å². The summed E-state index contributed by atoms with van der Waals surface area (Å²) in [6.07, 6.45) is 3.98. The zero-order valence-corrected chi connectivity index (χ0v) is 14.2. The van der Waals surface area contributed by atoms with E-state index in [1.807, 2.05) is 24.3 Å². The number of ether oxygens (including phenoxy) is 1. The largest absolute Gasteiger partial charge is 0.504 e. The number of hydrogen-bond donors (Lipinski definition) is 1. The summed E-state index contributed by atoms with van der Waals surface area (Å²) < 4.78 is 6.04. The molecule has 124 valence electrons. The van der Waals surface area contributed by atoms with E-state index in [0.29, 0.717) is 5.75 Å². The number of phenols is 1. The molecule has 0 atom stereocenters. The normalized spacial score (nSPS) is 19.0. The molecule has 0 aromatic heterocycles. The van der Waals surface area contributed by atoms with Gasteiger partial charge < -0.3 is 9.84 Å². The molecular formula is C20H20ClNO2. The molecule has 3 nitrogen and oxygen atoms in total. The molecular weight excluding hydrogens is 322 g/mol. The van der Waals surface area contributed by atoms with Crippen LogP contribution >= 0.6 is 11.6 Å². The van der Waals surface area contributed by atoms with Gasteiger partial charge in [-0.3, -0.25) is 4.90 Å². The van der Waals surface area contributed by atoms with E-state index in [-0.39, 0.29) is 11.2 Å². The van der Waals surface area contributed by atoms with Gasteiger partial charge in [0.15, 0.2) is 11.5 Å². The Bertz CT molecular complexity index is 779. The minimum atomic E-state index is -0.0932. The van der Waals surface area contributed by atoms with Crippen LogP contribution in [0.1, 0.15) is 24.0 Å². The Balaban J connectivity index is 1.77. The van der Waals surface area contributed by atoms with Crippen molar-refractivity contribution in [3.05, 3.63) is 65.2 Å². The Labute approximate surface area is 147 Å². The van der Waals surface area contributed by atoms with Crippen molar-refractivity contribution in [3.63, 3.8) is 0 Å². The SMILES string of the molecule is Oc1cccc2c1Oc1ccccc1C21CCN(C/C=C/Cl)CC1. The molecule has 24 heavy (non-hydrogen) atoms. The lowest BCUT2D eigenvalue weighted by Gasteiger charge is -2.45. The number of halogens is 1. The summed E-state index contributed by atoms with van der Waals surface area (Å²) in [5.41, 5.74) is 3.83. The molecule has 2 aromatic rings. The number of aromatic hydroxyl groups is 1. The predicted octanol–water partition coefficient (Wildman–Crippen LogP) is 4.63. The first-order valence-corrected chi connectivity index (χ1v) is 8.76. The third kappa shape index (κ3) is 2.40. The van der Waals surface area contributed by atoms with E-state index >= 15 is 0 Å². The number of fused-ring (bicyclic) bond motifs is 4. The number of piperidine rings is 1. The minimum Gasteiger partial charge on any atom is -0.504 e. The van der Waals surface area contributed by atoms with E-state index in [9.17, 15) is 5.11 Å². The van der Waals surface area contributed by atoms with Crippen molar-refractivity contribution in [2.24, 2.45) is 0 Å². The van der Waals surface area contributed by atoms with E-state index in [1.54, 1.807) is 11.6 Å². The van der Waals surface area contributed by atoms with Crippen molar-refractivity contribution in [3.8, 4) is 17.2 Å². The summed E-state index contributed by atoms with van der Waals surface area (Å²) in [6, 6.07) is 13.9. The quantitative estimate of drug-likeness (QED) is 0.864. The number of likely N-dealkylation sites (tertiary alicyclic amines) is 1. The molecule has 0 saturated carbocycles. The first-order chi connectivity index (χ1) is 11.7. The van der Waals surface area contributed by atoms with E-state index < -0.39 is 0 Å². The number of nitrogens with zero attached hydrogens (tertiary/aromatic N) is 1. The van der Waals surface area contributed by atoms with Crippen LogP contribution < -0.4 is 4.74 Å². The summed E-state index contributed by atoms with van der Waals surface area (Å²) in [4.78, 5) is 2.41. The molecule has 2 aromatic carbocycles. The average molecular weight is 342 g/mol. The van der Waals surface area contributed by atoms with Crippen LogP contribution in [-0.2, 0) is 5.41 Å². The van der Waals surface area contributed by atoms with Gasteiger partial charge in [0.25, 0.3) is 0 Å². The fourth-order valence-corrected chi connectivity index (χ4v) is 4.14. The summed E-state index contributed by atoms with van der Waals surface area (Å²) in [5, 5.41) is 10.3. The maximum atomic E-state index is 10.3. The highest BCUT2D eigenvalue weighted by molar-refractivity contribution is 6.25. The molecule has 2 aliphatic heterocycles. The van der Waals surface area contributed by atoms with Crippen LogP contribution in [0.15, 0.2) is 54.1 Å².